The van der Waals surface area contributed by atoms with E-state index >= 15 is 0 Å². The van der Waals surface area contributed by atoms with E-state index in [0.717, 1.165) is 31.6 Å². The van der Waals surface area contributed by atoms with Gasteiger partial charge in [0.2, 0.25) is 0 Å². The largest absolute Gasteiger partial charge is 0.383 e. The van der Waals surface area contributed by atoms with Crippen molar-refractivity contribution in [1.82, 2.24) is 4.98 Å². The molecule has 3 nitrogen and oxygen atoms in total. The molecule has 0 radical (unpaired) electrons. The summed E-state index contributed by atoms with van der Waals surface area (Å²) in [6, 6.07) is 3.90. The Kier molecular flexibility index (Phi) is 5.12. The van der Waals surface area contributed by atoms with Crippen LogP contribution in [0.1, 0.15) is 25.8 Å². The van der Waals surface area contributed by atoms with Gasteiger partial charge in [0.05, 0.1) is 6.61 Å². The number of pyridine rings is 1. The Labute approximate surface area is 91.7 Å². The Balaban J connectivity index is 2.18. The SMILES string of the molecule is CC(C)CCOCCc1cccnc1N. The second-order valence-corrected chi connectivity index (χ2v) is 4.09. The van der Waals surface area contributed by atoms with Crippen molar-refractivity contribution in [1.29, 1.82) is 0 Å². The van der Waals surface area contributed by atoms with E-state index < -0.39 is 0 Å². The predicted molar refractivity (Wildman–Crippen MR) is 62.6 cm³/mol. The molecule has 0 aromatic carbocycles. The molecule has 0 unspecified atom stereocenters. The molecule has 84 valence electrons. The summed E-state index contributed by atoms with van der Waals surface area (Å²) < 4.78 is 5.52. The van der Waals surface area contributed by atoms with Crippen LogP contribution in [0.5, 0.6) is 0 Å². The van der Waals surface area contributed by atoms with Crippen molar-refractivity contribution in [3.8, 4) is 0 Å². The fourth-order valence-electron chi connectivity index (χ4n) is 1.27. The molecular weight excluding hydrogens is 188 g/mol. The summed E-state index contributed by atoms with van der Waals surface area (Å²) in [7, 11) is 0. The molecule has 0 aliphatic rings. The zero-order chi connectivity index (χ0) is 11.1. The highest BCUT2D eigenvalue weighted by Gasteiger charge is 1.99. The van der Waals surface area contributed by atoms with Gasteiger partial charge in [0.25, 0.3) is 0 Å². The van der Waals surface area contributed by atoms with Gasteiger partial charge in [0.15, 0.2) is 0 Å². The van der Waals surface area contributed by atoms with Crippen LogP contribution in [0, 0.1) is 5.92 Å². The van der Waals surface area contributed by atoms with Gasteiger partial charge < -0.3 is 10.5 Å². The minimum absolute atomic E-state index is 0.616. The van der Waals surface area contributed by atoms with Gasteiger partial charge in [0, 0.05) is 12.8 Å². The molecule has 3 heteroatoms. The topological polar surface area (TPSA) is 48.1 Å². The van der Waals surface area contributed by atoms with Gasteiger partial charge in [0.1, 0.15) is 5.82 Å². The number of hydrogen-bond donors (Lipinski definition) is 1. The maximum absolute atomic E-state index is 5.72. The van der Waals surface area contributed by atoms with Gasteiger partial charge in [-0.1, -0.05) is 19.9 Å². The van der Waals surface area contributed by atoms with Crippen molar-refractivity contribution in [2.45, 2.75) is 26.7 Å². The molecule has 1 heterocycles. The molecule has 0 bridgehead atoms. The van der Waals surface area contributed by atoms with Gasteiger partial charge >= 0.3 is 0 Å². The van der Waals surface area contributed by atoms with Crippen LogP contribution in [0.3, 0.4) is 0 Å². The summed E-state index contributed by atoms with van der Waals surface area (Å²) in [6.07, 6.45) is 3.67. The van der Waals surface area contributed by atoms with Crippen molar-refractivity contribution in [3.05, 3.63) is 23.9 Å². The lowest BCUT2D eigenvalue weighted by atomic mass is 10.1. The van der Waals surface area contributed by atoms with Gasteiger partial charge in [-0.15, -0.1) is 0 Å². The lowest BCUT2D eigenvalue weighted by Crippen LogP contribution is -2.05. The number of nitrogens with two attached hydrogens (primary N) is 1. The second kappa shape index (κ2) is 6.40. The first kappa shape index (κ1) is 12.0. The van der Waals surface area contributed by atoms with Crippen molar-refractivity contribution >= 4 is 5.82 Å². The van der Waals surface area contributed by atoms with E-state index in [0.29, 0.717) is 11.7 Å². The third-order valence-electron chi connectivity index (χ3n) is 2.28. The van der Waals surface area contributed by atoms with Gasteiger partial charge in [-0.2, -0.15) is 0 Å². The summed E-state index contributed by atoms with van der Waals surface area (Å²) in [6.45, 7) is 5.95. The van der Waals surface area contributed by atoms with Crippen molar-refractivity contribution in [3.63, 3.8) is 0 Å². The summed E-state index contributed by atoms with van der Waals surface area (Å²) in [4.78, 5) is 4.03. The summed E-state index contributed by atoms with van der Waals surface area (Å²) in [5, 5.41) is 0. The van der Waals surface area contributed by atoms with E-state index in [1.807, 2.05) is 12.1 Å². The van der Waals surface area contributed by atoms with E-state index in [1.165, 1.54) is 0 Å². The number of anilines is 1. The van der Waals surface area contributed by atoms with Crippen LogP contribution in [-0.2, 0) is 11.2 Å². The Morgan fingerprint density at radius 3 is 2.87 bits per heavy atom. The first-order chi connectivity index (χ1) is 7.20. The van der Waals surface area contributed by atoms with E-state index in [4.69, 9.17) is 10.5 Å². The third kappa shape index (κ3) is 4.79. The Morgan fingerprint density at radius 2 is 2.20 bits per heavy atom. The number of aromatic nitrogens is 1. The van der Waals surface area contributed by atoms with Crippen LogP contribution in [-0.4, -0.2) is 18.2 Å². The number of nitrogen functional groups attached to an aromatic ring is 1. The fraction of sp³-hybridized carbons (Fsp3) is 0.583. The Hall–Kier alpha value is -1.09. The summed E-state index contributed by atoms with van der Waals surface area (Å²) >= 11 is 0. The Bertz CT molecular complexity index is 287. The van der Waals surface area contributed by atoms with Crippen LogP contribution >= 0.6 is 0 Å². The molecule has 0 fully saturated rings. The molecule has 1 aromatic rings. The molecule has 1 rings (SSSR count). The normalized spacial score (nSPS) is 10.9. The molecule has 0 aliphatic heterocycles. The van der Waals surface area contributed by atoms with E-state index in [2.05, 4.69) is 18.8 Å². The highest BCUT2D eigenvalue weighted by atomic mass is 16.5. The van der Waals surface area contributed by atoms with Crippen LogP contribution in [0.4, 0.5) is 5.82 Å². The molecule has 0 atom stereocenters. The van der Waals surface area contributed by atoms with Crippen LogP contribution in [0.25, 0.3) is 0 Å². The van der Waals surface area contributed by atoms with Crippen molar-refractivity contribution in [2.24, 2.45) is 5.92 Å². The third-order valence-corrected chi connectivity index (χ3v) is 2.28. The van der Waals surface area contributed by atoms with Gasteiger partial charge in [-0.05, 0) is 30.4 Å². The lowest BCUT2D eigenvalue weighted by molar-refractivity contribution is 0.126. The molecule has 0 saturated heterocycles. The summed E-state index contributed by atoms with van der Waals surface area (Å²) in [5.74, 6) is 1.32. The van der Waals surface area contributed by atoms with E-state index in [-0.39, 0.29) is 0 Å². The molecule has 0 spiro atoms. The van der Waals surface area contributed by atoms with Crippen LogP contribution in [0.15, 0.2) is 18.3 Å². The van der Waals surface area contributed by atoms with Gasteiger partial charge in [-0.25, -0.2) is 4.98 Å². The van der Waals surface area contributed by atoms with E-state index in [9.17, 15) is 0 Å². The highest BCUT2D eigenvalue weighted by Crippen LogP contribution is 2.07. The predicted octanol–water partition coefficient (Wildman–Crippen LogP) is 2.27. The molecule has 0 saturated carbocycles. The highest BCUT2D eigenvalue weighted by molar-refractivity contribution is 5.38. The second-order valence-electron chi connectivity index (χ2n) is 4.09. The first-order valence-electron chi connectivity index (χ1n) is 5.47. The molecule has 2 N–H and O–H groups in total. The average molecular weight is 208 g/mol. The zero-order valence-electron chi connectivity index (χ0n) is 9.57. The first-order valence-corrected chi connectivity index (χ1v) is 5.47. The smallest absolute Gasteiger partial charge is 0.126 e. The number of ether oxygens (including phenoxy) is 1. The monoisotopic (exact) mass is 208 g/mol. The maximum Gasteiger partial charge on any atom is 0.126 e. The minimum atomic E-state index is 0.616. The number of nitrogens with zero attached hydrogens (tertiary/aromatic N) is 1. The average Bonchev–Trinajstić information content (AvgIpc) is 2.20. The maximum atomic E-state index is 5.72. The molecule has 0 aliphatic carbocycles. The van der Waals surface area contributed by atoms with Gasteiger partial charge in [-0.3, -0.25) is 0 Å². The van der Waals surface area contributed by atoms with Crippen LogP contribution < -0.4 is 5.73 Å². The lowest BCUT2D eigenvalue weighted by Gasteiger charge is -2.07. The molecular formula is C12H20N2O. The Morgan fingerprint density at radius 1 is 1.40 bits per heavy atom. The number of rotatable bonds is 6. The van der Waals surface area contributed by atoms with E-state index in [1.54, 1.807) is 6.20 Å². The van der Waals surface area contributed by atoms with Crippen LogP contribution in [0.2, 0.25) is 0 Å². The summed E-state index contributed by atoms with van der Waals surface area (Å²) in [5.41, 5.74) is 6.79. The fourth-order valence-corrected chi connectivity index (χ4v) is 1.27. The van der Waals surface area contributed by atoms with Crippen molar-refractivity contribution < 1.29 is 4.74 Å². The molecule has 1 aromatic heterocycles. The zero-order valence-corrected chi connectivity index (χ0v) is 9.57. The number of hydrogen-bond acceptors (Lipinski definition) is 3. The minimum Gasteiger partial charge on any atom is -0.383 e. The standard InChI is InChI=1S/C12H20N2O/c1-10(2)5-8-15-9-6-11-4-3-7-14-12(11)13/h3-4,7,10H,5-6,8-9H2,1-2H3,(H2,13,14). The van der Waals surface area contributed by atoms with Crippen molar-refractivity contribution in [2.75, 3.05) is 18.9 Å². The molecule has 15 heavy (non-hydrogen) atoms. The molecule has 0 amide bonds. The quantitative estimate of drug-likeness (QED) is 0.729.